The summed E-state index contributed by atoms with van der Waals surface area (Å²) in [5, 5.41) is 7.05. The Kier molecular flexibility index (Phi) is 7.07. The Morgan fingerprint density at radius 1 is 1.16 bits per heavy atom. The van der Waals surface area contributed by atoms with Gasteiger partial charge < -0.3 is 10.1 Å². The van der Waals surface area contributed by atoms with Gasteiger partial charge in [0.2, 0.25) is 0 Å². The van der Waals surface area contributed by atoms with E-state index in [1.807, 2.05) is 25.2 Å². The molecule has 8 heteroatoms. The highest BCUT2D eigenvalue weighted by atomic mass is 35.5. The number of ether oxygens (including phenoxy) is 1. The van der Waals surface area contributed by atoms with Crippen molar-refractivity contribution in [2.24, 2.45) is 7.05 Å². The van der Waals surface area contributed by atoms with Gasteiger partial charge in [0.25, 0.3) is 5.91 Å². The molecule has 0 spiro atoms. The van der Waals surface area contributed by atoms with Crippen molar-refractivity contribution in [1.82, 2.24) is 14.7 Å². The van der Waals surface area contributed by atoms with Crippen molar-refractivity contribution < 1.29 is 13.9 Å². The van der Waals surface area contributed by atoms with Crippen molar-refractivity contribution in [3.8, 4) is 17.0 Å². The van der Waals surface area contributed by atoms with E-state index in [-0.39, 0.29) is 10.6 Å². The highest BCUT2D eigenvalue weighted by molar-refractivity contribution is 6.30. The molecule has 6 nitrogen and oxygen atoms in total. The van der Waals surface area contributed by atoms with Gasteiger partial charge in [0.15, 0.2) is 0 Å². The monoisotopic (exact) mass is 456 g/mol. The molecule has 0 saturated carbocycles. The summed E-state index contributed by atoms with van der Waals surface area (Å²) in [6.07, 6.45) is 5.50. The number of likely N-dealkylation sites (tertiary alicyclic amines) is 1. The first-order valence-corrected chi connectivity index (χ1v) is 11.1. The molecule has 1 N–H and O–H groups in total. The summed E-state index contributed by atoms with van der Waals surface area (Å²) >= 11 is 5.71. The SMILES string of the molecule is Cn1nccc1-c1cc(NC(=O)c2ccc(Cl)c(F)c2)ccc1OCCN1CCCCC1. The Hall–Kier alpha value is -2.90. The Balaban J connectivity index is 1.52. The van der Waals surface area contributed by atoms with Crippen LogP contribution < -0.4 is 10.1 Å². The van der Waals surface area contributed by atoms with Gasteiger partial charge in [-0.1, -0.05) is 18.0 Å². The maximum atomic E-state index is 13.7. The number of carbonyl (C=O) groups is 1. The van der Waals surface area contributed by atoms with Crippen molar-refractivity contribution in [3.05, 3.63) is 65.1 Å². The first-order chi connectivity index (χ1) is 15.5. The average molecular weight is 457 g/mol. The molecule has 4 rings (SSSR count). The molecule has 1 aliphatic heterocycles. The lowest BCUT2D eigenvalue weighted by Crippen LogP contribution is -2.33. The number of nitrogens with zero attached hydrogens (tertiary/aromatic N) is 3. The van der Waals surface area contributed by atoms with Crippen LogP contribution in [0.25, 0.3) is 11.3 Å². The minimum atomic E-state index is -0.632. The molecule has 1 aromatic heterocycles. The Morgan fingerprint density at radius 3 is 2.69 bits per heavy atom. The van der Waals surface area contributed by atoms with Crippen LogP contribution in [-0.2, 0) is 7.05 Å². The van der Waals surface area contributed by atoms with Crippen molar-refractivity contribution in [3.63, 3.8) is 0 Å². The number of aromatic nitrogens is 2. The predicted molar refractivity (Wildman–Crippen MR) is 124 cm³/mol. The van der Waals surface area contributed by atoms with Crippen LogP contribution >= 0.6 is 11.6 Å². The van der Waals surface area contributed by atoms with E-state index in [4.69, 9.17) is 16.3 Å². The summed E-state index contributed by atoms with van der Waals surface area (Å²) < 4.78 is 21.6. The minimum Gasteiger partial charge on any atom is -0.492 e. The van der Waals surface area contributed by atoms with Crippen molar-refractivity contribution in [1.29, 1.82) is 0 Å². The van der Waals surface area contributed by atoms with E-state index in [1.165, 1.54) is 31.4 Å². The standard InChI is InChI=1S/C24H26ClFN4O2/c1-29-22(9-10-27-29)19-16-18(28-24(31)17-5-7-20(25)21(26)15-17)6-8-23(19)32-14-13-30-11-3-2-4-12-30/h5-10,15-16H,2-4,11-14H2,1H3,(H,28,31). The fraction of sp³-hybridized carbons (Fsp3) is 0.333. The quantitative estimate of drug-likeness (QED) is 0.543. The molecule has 0 radical (unpaired) electrons. The van der Waals surface area contributed by atoms with E-state index >= 15 is 0 Å². The third-order valence-electron chi connectivity index (χ3n) is 5.63. The van der Waals surface area contributed by atoms with E-state index < -0.39 is 11.7 Å². The summed E-state index contributed by atoms with van der Waals surface area (Å²) in [7, 11) is 1.86. The second kappa shape index (κ2) is 10.1. The van der Waals surface area contributed by atoms with E-state index in [9.17, 15) is 9.18 Å². The first-order valence-electron chi connectivity index (χ1n) is 10.8. The van der Waals surface area contributed by atoms with E-state index in [0.29, 0.717) is 12.3 Å². The Labute approximate surface area is 191 Å². The van der Waals surface area contributed by atoms with Gasteiger partial charge in [0.05, 0.1) is 10.7 Å². The summed E-state index contributed by atoms with van der Waals surface area (Å²) in [5.41, 5.74) is 2.45. The molecule has 1 fully saturated rings. The normalized spacial score (nSPS) is 14.3. The second-order valence-electron chi connectivity index (χ2n) is 7.88. The lowest BCUT2D eigenvalue weighted by molar-refractivity contribution is 0.102. The zero-order valence-corrected chi connectivity index (χ0v) is 18.7. The van der Waals surface area contributed by atoms with Crippen LogP contribution in [0.4, 0.5) is 10.1 Å². The maximum absolute atomic E-state index is 13.7. The number of halogens is 2. The highest BCUT2D eigenvalue weighted by Crippen LogP contribution is 2.33. The van der Waals surface area contributed by atoms with Crippen LogP contribution in [0.2, 0.25) is 5.02 Å². The summed E-state index contributed by atoms with van der Waals surface area (Å²) in [4.78, 5) is 15.0. The maximum Gasteiger partial charge on any atom is 0.255 e. The number of nitrogens with one attached hydrogen (secondary N) is 1. The zero-order chi connectivity index (χ0) is 22.5. The van der Waals surface area contributed by atoms with Gasteiger partial charge >= 0.3 is 0 Å². The molecule has 3 aromatic rings. The van der Waals surface area contributed by atoms with Crippen LogP contribution in [-0.4, -0.2) is 46.8 Å². The number of benzene rings is 2. The lowest BCUT2D eigenvalue weighted by atomic mass is 10.1. The first kappa shape index (κ1) is 22.3. The summed E-state index contributed by atoms with van der Waals surface area (Å²) in [6.45, 7) is 3.70. The topological polar surface area (TPSA) is 59.4 Å². The molecule has 0 aliphatic carbocycles. The number of hydrogen-bond donors (Lipinski definition) is 1. The summed E-state index contributed by atoms with van der Waals surface area (Å²) in [5.74, 6) is -0.330. The van der Waals surface area contributed by atoms with Crippen LogP contribution in [0.1, 0.15) is 29.6 Å². The molecule has 2 heterocycles. The molecule has 2 aromatic carbocycles. The fourth-order valence-electron chi connectivity index (χ4n) is 3.88. The predicted octanol–water partition coefficient (Wildman–Crippen LogP) is 5.00. The van der Waals surface area contributed by atoms with E-state index in [1.54, 1.807) is 16.9 Å². The molecule has 0 atom stereocenters. The van der Waals surface area contributed by atoms with Crippen LogP contribution in [0.3, 0.4) is 0 Å². The van der Waals surface area contributed by atoms with Crippen LogP contribution in [0.15, 0.2) is 48.7 Å². The molecule has 1 amide bonds. The molecular formula is C24H26ClFN4O2. The number of carbonyl (C=O) groups excluding carboxylic acids is 1. The Morgan fingerprint density at radius 2 is 1.97 bits per heavy atom. The van der Waals surface area contributed by atoms with Gasteiger partial charge in [-0.05, 0) is 68.4 Å². The van der Waals surface area contributed by atoms with Crippen molar-refractivity contribution in [2.75, 3.05) is 31.6 Å². The van der Waals surface area contributed by atoms with Gasteiger partial charge in [-0.15, -0.1) is 0 Å². The highest BCUT2D eigenvalue weighted by Gasteiger charge is 2.15. The molecule has 0 unspecified atom stereocenters. The Bertz CT molecular complexity index is 1100. The third-order valence-corrected chi connectivity index (χ3v) is 5.94. The van der Waals surface area contributed by atoms with Crippen LogP contribution in [0, 0.1) is 5.82 Å². The van der Waals surface area contributed by atoms with Crippen molar-refractivity contribution >= 4 is 23.2 Å². The molecule has 32 heavy (non-hydrogen) atoms. The number of hydrogen-bond acceptors (Lipinski definition) is 4. The summed E-state index contributed by atoms with van der Waals surface area (Å²) in [6, 6.07) is 11.3. The van der Waals surface area contributed by atoms with Gasteiger partial charge in [-0.25, -0.2) is 4.39 Å². The number of amides is 1. The lowest BCUT2D eigenvalue weighted by Gasteiger charge is -2.26. The van der Waals surface area contributed by atoms with Gasteiger partial charge in [0, 0.05) is 36.6 Å². The molecule has 0 bridgehead atoms. The van der Waals surface area contributed by atoms with Crippen LogP contribution in [0.5, 0.6) is 5.75 Å². The molecular weight excluding hydrogens is 431 g/mol. The van der Waals surface area contributed by atoms with Crippen molar-refractivity contribution in [2.45, 2.75) is 19.3 Å². The van der Waals surface area contributed by atoms with Gasteiger partial charge in [-0.2, -0.15) is 5.10 Å². The number of anilines is 1. The van der Waals surface area contributed by atoms with Gasteiger partial charge in [-0.3, -0.25) is 14.4 Å². The zero-order valence-electron chi connectivity index (χ0n) is 18.0. The largest absolute Gasteiger partial charge is 0.492 e. The van der Waals surface area contributed by atoms with E-state index in [0.717, 1.165) is 42.7 Å². The van der Waals surface area contributed by atoms with Gasteiger partial charge in [0.1, 0.15) is 18.2 Å². The number of aryl methyl sites for hydroxylation is 1. The molecule has 1 aliphatic rings. The smallest absolute Gasteiger partial charge is 0.255 e. The van der Waals surface area contributed by atoms with E-state index in [2.05, 4.69) is 15.3 Å². The third kappa shape index (κ3) is 5.29. The fourth-order valence-corrected chi connectivity index (χ4v) is 4.00. The average Bonchev–Trinajstić information content (AvgIpc) is 3.23. The minimum absolute atomic E-state index is 0.0221. The molecule has 168 valence electrons. The number of rotatable bonds is 7. The second-order valence-corrected chi connectivity index (χ2v) is 8.29. The number of piperidine rings is 1. The molecule has 1 saturated heterocycles.